The third-order valence-corrected chi connectivity index (χ3v) is 6.96. The zero-order valence-corrected chi connectivity index (χ0v) is 22.4. The molecule has 0 spiro atoms. The number of urea groups is 1. The van der Waals surface area contributed by atoms with Crippen molar-refractivity contribution in [1.82, 2.24) is 35.0 Å². The molecule has 1 fully saturated rings. The van der Waals surface area contributed by atoms with E-state index in [2.05, 4.69) is 35.5 Å². The number of piperidine rings is 1. The van der Waals surface area contributed by atoms with Gasteiger partial charge in [-0.2, -0.15) is 13.2 Å². The van der Waals surface area contributed by atoms with Crippen molar-refractivity contribution < 1.29 is 31.2 Å². The van der Waals surface area contributed by atoms with Crippen molar-refractivity contribution in [3.63, 3.8) is 0 Å². The minimum absolute atomic E-state index is 0.00234. The van der Waals surface area contributed by atoms with Gasteiger partial charge >= 0.3 is 12.2 Å². The number of carbonyl (C=O) groups excluding carboxylic acids is 1. The Morgan fingerprint density at radius 1 is 1.05 bits per heavy atom. The molecule has 2 amide bonds. The van der Waals surface area contributed by atoms with Gasteiger partial charge < -0.3 is 14.6 Å². The highest BCUT2D eigenvalue weighted by Gasteiger charge is 2.35. The molecule has 0 aliphatic carbocycles. The van der Waals surface area contributed by atoms with Crippen molar-refractivity contribution in [3.8, 4) is 23.0 Å². The lowest BCUT2D eigenvalue weighted by molar-refractivity contribution is -0.144. The lowest BCUT2D eigenvalue weighted by Crippen LogP contribution is -2.41. The number of likely N-dealkylation sites (tertiary alicyclic amines) is 1. The molecular weight excluding hydrogens is 571 g/mol. The number of rotatable bonds is 5. The van der Waals surface area contributed by atoms with Crippen LogP contribution < -0.4 is 5.32 Å². The Kier molecular flexibility index (Phi) is 7.84. The summed E-state index contributed by atoms with van der Waals surface area (Å²) in [4.78, 5) is 30.0. The first-order valence-corrected chi connectivity index (χ1v) is 13.4. The van der Waals surface area contributed by atoms with Crippen molar-refractivity contribution in [3.05, 3.63) is 59.3 Å². The van der Waals surface area contributed by atoms with E-state index >= 15 is 0 Å². The minimum atomic E-state index is -4.75. The zero-order valence-electron chi connectivity index (χ0n) is 21.5. The van der Waals surface area contributed by atoms with Crippen LogP contribution in [0.5, 0.6) is 0 Å². The Morgan fingerprint density at radius 2 is 1.73 bits per heavy atom. The quantitative estimate of drug-likeness (QED) is 0.176. The number of benzene rings is 1. The first-order valence-electron chi connectivity index (χ1n) is 12.2. The predicted octanol–water partition coefficient (Wildman–Crippen LogP) is 5.72. The SMILES string of the molecule is CSc1nc(C)c(-c2nnc(-c3ccnc(C(F)(F)F)n3)o2)c(C2CCN(C(=O)Nc3c(F)cccc3F)CC2)n1. The molecule has 1 N–H and O–H groups in total. The van der Waals surface area contributed by atoms with Crippen LogP contribution in [-0.2, 0) is 6.18 Å². The molecule has 214 valence electrons. The fourth-order valence-electron chi connectivity index (χ4n) is 4.42. The van der Waals surface area contributed by atoms with E-state index in [-0.39, 0.29) is 36.5 Å². The van der Waals surface area contributed by atoms with Gasteiger partial charge in [-0.1, -0.05) is 17.8 Å². The van der Waals surface area contributed by atoms with Crippen molar-refractivity contribution in [2.24, 2.45) is 0 Å². The number of thioether (sulfide) groups is 1. The molecule has 1 aliphatic heterocycles. The Balaban J connectivity index is 1.39. The summed E-state index contributed by atoms with van der Waals surface area (Å²) in [6.45, 7) is 2.25. The Morgan fingerprint density at radius 3 is 2.39 bits per heavy atom. The molecule has 16 heteroatoms. The number of hydrogen-bond donors (Lipinski definition) is 1. The van der Waals surface area contributed by atoms with Crippen LogP contribution >= 0.6 is 11.8 Å². The van der Waals surface area contributed by atoms with Gasteiger partial charge in [0.05, 0.1) is 17.0 Å². The molecule has 10 nitrogen and oxygen atoms in total. The molecule has 3 aromatic heterocycles. The van der Waals surface area contributed by atoms with E-state index in [9.17, 15) is 26.7 Å². The number of hydrogen-bond acceptors (Lipinski definition) is 9. The molecule has 1 aliphatic rings. The Hall–Kier alpha value is -4.21. The van der Waals surface area contributed by atoms with Crippen molar-refractivity contribution >= 4 is 23.5 Å². The lowest BCUT2D eigenvalue weighted by atomic mass is 9.90. The summed E-state index contributed by atoms with van der Waals surface area (Å²) < 4.78 is 73.0. The van der Waals surface area contributed by atoms with Crippen LogP contribution in [0.1, 0.15) is 36.0 Å². The molecule has 1 saturated heterocycles. The standard InChI is InChI=1S/C25H21F5N8O2S/c1-12-17(21-37-36-20(40-21)16-6-9-31-22(33-16)25(28,29)30)18(34-23(32-12)41-2)13-7-10-38(11-8-13)24(39)35-19-14(26)4-3-5-15(19)27/h3-6,9,13H,7-8,10-11H2,1-2H3,(H,35,39). The number of para-hydroxylation sites is 1. The van der Waals surface area contributed by atoms with Gasteiger partial charge in [-0.3, -0.25) is 0 Å². The number of nitrogens with zero attached hydrogens (tertiary/aromatic N) is 7. The molecule has 4 heterocycles. The van der Waals surface area contributed by atoms with Crippen LogP contribution in [0, 0.1) is 18.6 Å². The van der Waals surface area contributed by atoms with E-state index in [1.807, 2.05) is 6.26 Å². The maximum absolute atomic E-state index is 14.0. The fraction of sp³-hybridized carbons (Fsp3) is 0.320. The highest BCUT2D eigenvalue weighted by atomic mass is 32.2. The van der Waals surface area contributed by atoms with Crippen molar-refractivity contribution in [2.45, 2.75) is 37.0 Å². The zero-order chi connectivity index (χ0) is 29.3. The van der Waals surface area contributed by atoms with Crippen LogP contribution in [0.15, 0.2) is 40.0 Å². The molecule has 0 unspecified atom stereocenters. The maximum Gasteiger partial charge on any atom is 0.451 e. The summed E-state index contributed by atoms with van der Waals surface area (Å²) in [5, 5.41) is 10.7. The third kappa shape index (κ3) is 5.96. The van der Waals surface area contributed by atoms with Gasteiger partial charge in [0, 0.05) is 25.2 Å². The number of carbonyl (C=O) groups is 1. The summed E-state index contributed by atoms with van der Waals surface area (Å²) >= 11 is 1.32. The van der Waals surface area contributed by atoms with Crippen LogP contribution in [0.4, 0.5) is 32.4 Å². The molecule has 4 aromatic rings. The molecule has 5 rings (SSSR count). The summed E-state index contributed by atoms with van der Waals surface area (Å²) in [6.07, 6.45) is -1.09. The normalized spacial score (nSPS) is 14.4. The van der Waals surface area contributed by atoms with Crippen molar-refractivity contribution in [1.29, 1.82) is 0 Å². The molecule has 0 bridgehead atoms. The number of nitrogens with one attached hydrogen (secondary N) is 1. The van der Waals surface area contributed by atoms with Gasteiger partial charge in [0.1, 0.15) is 23.0 Å². The number of aromatic nitrogens is 6. The van der Waals surface area contributed by atoms with Gasteiger partial charge in [-0.25, -0.2) is 33.5 Å². The Bertz CT molecular complexity index is 1570. The largest absolute Gasteiger partial charge is 0.451 e. The summed E-state index contributed by atoms with van der Waals surface area (Å²) in [6, 6.07) is 3.89. The highest BCUT2D eigenvalue weighted by molar-refractivity contribution is 7.98. The smallest absolute Gasteiger partial charge is 0.414 e. The molecule has 41 heavy (non-hydrogen) atoms. The molecule has 1 aromatic carbocycles. The minimum Gasteiger partial charge on any atom is -0.414 e. The molecule has 0 saturated carbocycles. The van der Waals surface area contributed by atoms with Gasteiger partial charge in [0.15, 0.2) is 5.16 Å². The van der Waals surface area contributed by atoms with Gasteiger partial charge in [-0.05, 0) is 44.2 Å². The average molecular weight is 593 g/mol. The third-order valence-electron chi connectivity index (χ3n) is 6.41. The first-order chi connectivity index (χ1) is 19.5. The predicted molar refractivity (Wildman–Crippen MR) is 137 cm³/mol. The van der Waals surface area contributed by atoms with Crippen LogP contribution in [0.3, 0.4) is 0 Å². The van der Waals surface area contributed by atoms with E-state index in [1.54, 1.807) is 6.92 Å². The number of alkyl halides is 3. The molecule has 0 radical (unpaired) electrons. The lowest BCUT2D eigenvalue weighted by Gasteiger charge is -2.32. The Labute approximate surface area is 233 Å². The summed E-state index contributed by atoms with van der Waals surface area (Å²) in [5.74, 6) is -3.52. The summed E-state index contributed by atoms with van der Waals surface area (Å²) in [5.41, 5.74) is 0.816. The number of aryl methyl sites for hydroxylation is 1. The van der Waals surface area contributed by atoms with Gasteiger partial charge in [0.25, 0.3) is 11.8 Å². The summed E-state index contributed by atoms with van der Waals surface area (Å²) in [7, 11) is 0. The first kappa shape index (κ1) is 28.3. The number of amides is 2. The highest BCUT2D eigenvalue weighted by Crippen LogP contribution is 2.37. The van der Waals surface area contributed by atoms with E-state index < -0.39 is 35.4 Å². The van der Waals surface area contributed by atoms with E-state index in [1.165, 1.54) is 28.8 Å². The fourth-order valence-corrected chi connectivity index (χ4v) is 4.84. The average Bonchev–Trinajstić information content (AvgIpc) is 3.44. The van der Waals surface area contributed by atoms with E-state index in [0.717, 1.165) is 18.3 Å². The second-order valence-corrected chi connectivity index (χ2v) is 9.79. The number of anilines is 1. The molecular formula is C25H21F5N8O2S. The topological polar surface area (TPSA) is 123 Å². The van der Waals surface area contributed by atoms with Gasteiger partial charge in [-0.15, -0.1) is 10.2 Å². The maximum atomic E-state index is 14.0. The van der Waals surface area contributed by atoms with E-state index in [4.69, 9.17) is 4.42 Å². The van der Waals surface area contributed by atoms with Crippen LogP contribution in [0.25, 0.3) is 23.0 Å². The number of halogens is 5. The van der Waals surface area contributed by atoms with E-state index in [0.29, 0.717) is 34.9 Å². The molecule has 0 atom stereocenters. The second kappa shape index (κ2) is 11.3. The van der Waals surface area contributed by atoms with Crippen LogP contribution in [0.2, 0.25) is 0 Å². The second-order valence-electron chi connectivity index (χ2n) is 9.02. The van der Waals surface area contributed by atoms with Gasteiger partial charge in [0.2, 0.25) is 5.82 Å². The van der Waals surface area contributed by atoms with Crippen LogP contribution in [-0.4, -0.2) is 60.4 Å². The monoisotopic (exact) mass is 592 g/mol. The van der Waals surface area contributed by atoms with Crippen molar-refractivity contribution in [2.75, 3.05) is 24.7 Å².